The number of nitrogens with zero attached hydrogens (tertiary/aromatic N) is 2. The summed E-state index contributed by atoms with van der Waals surface area (Å²) >= 11 is -3.31. The number of fused-ring (bicyclic) bond motifs is 1. The summed E-state index contributed by atoms with van der Waals surface area (Å²) in [4.78, 5) is 25.6. The number of nitrogens with one attached hydrogen (secondary N) is 1. The van der Waals surface area contributed by atoms with Crippen molar-refractivity contribution in [3.05, 3.63) is 27.0 Å². The Labute approximate surface area is 156 Å². The molecule has 10 heteroatoms. The molecule has 2 aliphatic rings. The van der Waals surface area contributed by atoms with E-state index in [4.69, 9.17) is 10.9 Å². The first-order valence-electron chi connectivity index (χ1n) is 9.33. The van der Waals surface area contributed by atoms with Gasteiger partial charge in [-0.1, -0.05) is 0 Å². The van der Waals surface area contributed by atoms with Crippen molar-refractivity contribution >= 4 is 19.2 Å². The van der Waals surface area contributed by atoms with E-state index in [9.17, 15) is 14.7 Å². The van der Waals surface area contributed by atoms with E-state index in [-0.39, 0.29) is 6.61 Å². The van der Waals surface area contributed by atoms with Crippen LogP contribution in [0, 0.1) is 0 Å². The molecule has 3 heterocycles. The van der Waals surface area contributed by atoms with Gasteiger partial charge >= 0.3 is 157 Å². The third kappa shape index (κ3) is 3.91. The minimum absolute atomic E-state index is 0.220. The number of H-pyrrole nitrogens is 1. The van der Waals surface area contributed by atoms with Crippen molar-refractivity contribution in [2.75, 3.05) is 6.61 Å². The molecule has 1 aromatic heterocycles. The van der Waals surface area contributed by atoms with Crippen LogP contribution in [-0.4, -0.2) is 64.0 Å². The molecular formula is C16H27N3O6Sn. The van der Waals surface area contributed by atoms with Crippen LogP contribution in [0.5, 0.6) is 0 Å². The Morgan fingerprint density at radius 3 is 2.42 bits per heavy atom. The van der Waals surface area contributed by atoms with E-state index in [1.54, 1.807) is 0 Å². The molecule has 0 saturated carbocycles. The Hall–Kier alpha value is -0.751. The van der Waals surface area contributed by atoms with Crippen molar-refractivity contribution in [1.29, 1.82) is 0 Å². The SMILES string of the molecule is CCC[CH2][Sn]1([CH2]CCC)[O][C@H]2[C@H]([O]1)[C@@H](n1ncc(=O)[nH]c1=O)O[C@H]2CO. The van der Waals surface area contributed by atoms with Gasteiger partial charge in [-0.05, 0) is 0 Å². The Morgan fingerprint density at radius 2 is 1.85 bits per heavy atom. The molecule has 3 rings (SSSR count). The fraction of sp³-hybridized carbons (Fsp3) is 0.812. The Kier molecular flexibility index (Phi) is 6.54. The molecule has 26 heavy (non-hydrogen) atoms. The molecule has 2 N–H and O–H groups in total. The predicted molar refractivity (Wildman–Crippen MR) is 95.0 cm³/mol. The number of aromatic amines is 1. The number of hydrogen-bond donors (Lipinski definition) is 2. The normalized spacial score (nSPS) is 29.8. The number of aromatic nitrogens is 3. The molecule has 9 nitrogen and oxygen atoms in total. The van der Waals surface area contributed by atoms with Crippen LogP contribution in [0.1, 0.15) is 45.8 Å². The molecule has 0 radical (unpaired) electrons. The van der Waals surface area contributed by atoms with Gasteiger partial charge in [0.1, 0.15) is 0 Å². The van der Waals surface area contributed by atoms with Gasteiger partial charge in [0.15, 0.2) is 0 Å². The maximum absolute atomic E-state index is 12.1. The van der Waals surface area contributed by atoms with Crippen LogP contribution in [0.2, 0.25) is 8.87 Å². The van der Waals surface area contributed by atoms with Crippen LogP contribution < -0.4 is 11.2 Å². The van der Waals surface area contributed by atoms with Crippen LogP contribution in [0.15, 0.2) is 15.8 Å². The number of hydrogen-bond acceptors (Lipinski definition) is 7. The molecule has 0 aromatic carbocycles. The van der Waals surface area contributed by atoms with Crippen molar-refractivity contribution in [3.63, 3.8) is 0 Å². The van der Waals surface area contributed by atoms with Gasteiger partial charge in [0.2, 0.25) is 0 Å². The summed E-state index contributed by atoms with van der Waals surface area (Å²) in [7, 11) is 0. The quantitative estimate of drug-likeness (QED) is 0.530. The van der Waals surface area contributed by atoms with Crippen molar-refractivity contribution in [2.24, 2.45) is 0 Å². The maximum atomic E-state index is 12.1. The summed E-state index contributed by atoms with van der Waals surface area (Å²) in [6.07, 6.45) is 3.02. The van der Waals surface area contributed by atoms with E-state index in [0.29, 0.717) is 0 Å². The molecule has 2 fully saturated rings. The van der Waals surface area contributed by atoms with Crippen LogP contribution in [0.25, 0.3) is 0 Å². The summed E-state index contributed by atoms with van der Waals surface area (Å²) < 4.78 is 21.8. The van der Waals surface area contributed by atoms with Gasteiger partial charge in [-0.25, -0.2) is 0 Å². The summed E-state index contributed by atoms with van der Waals surface area (Å²) in [5, 5.41) is 13.6. The monoisotopic (exact) mass is 477 g/mol. The summed E-state index contributed by atoms with van der Waals surface area (Å²) in [6.45, 7) is 4.06. The van der Waals surface area contributed by atoms with Gasteiger partial charge in [0.05, 0.1) is 0 Å². The van der Waals surface area contributed by atoms with E-state index in [2.05, 4.69) is 23.9 Å². The van der Waals surface area contributed by atoms with E-state index in [1.807, 2.05) is 0 Å². The number of aliphatic hydroxyl groups excluding tert-OH is 1. The van der Waals surface area contributed by atoms with E-state index in [1.165, 1.54) is 0 Å². The average Bonchev–Trinajstić information content (AvgIpc) is 3.14. The average molecular weight is 476 g/mol. The minimum atomic E-state index is -3.31. The van der Waals surface area contributed by atoms with E-state index in [0.717, 1.165) is 45.4 Å². The van der Waals surface area contributed by atoms with Crippen LogP contribution in [0.4, 0.5) is 0 Å². The molecule has 2 aliphatic heterocycles. The van der Waals surface area contributed by atoms with Gasteiger partial charge in [-0.3, -0.25) is 0 Å². The Bertz CT molecular complexity index is 714. The van der Waals surface area contributed by atoms with E-state index >= 15 is 0 Å². The first kappa shape index (κ1) is 20.0. The molecule has 0 unspecified atom stereocenters. The number of unbranched alkanes of at least 4 members (excludes halogenated alkanes) is 2. The summed E-state index contributed by atoms with van der Waals surface area (Å²) in [5.41, 5.74) is -1.22. The van der Waals surface area contributed by atoms with Crippen molar-refractivity contribution in [2.45, 2.75) is 72.9 Å². The van der Waals surface area contributed by atoms with Crippen molar-refractivity contribution < 1.29 is 16.0 Å². The topological polar surface area (TPSA) is 116 Å². The van der Waals surface area contributed by atoms with Crippen LogP contribution in [-0.2, 0) is 10.9 Å². The second-order valence-electron chi connectivity index (χ2n) is 6.91. The van der Waals surface area contributed by atoms with Crippen LogP contribution in [0.3, 0.4) is 0 Å². The van der Waals surface area contributed by atoms with Gasteiger partial charge in [-0.15, -0.1) is 0 Å². The molecule has 1 aromatic rings. The Morgan fingerprint density at radius 1 is 1.19 bits per heavy atom. The molecule has 0 aliphatic carbocycles. The molecule has 0 amide bonds. The fourth-order valence-corrected chi connectivity index (χ4v) is 15.3. The summed E-state index contributed by atoms with van der Waals surface area (Å²) in [5.74, 6) is 0. The predicted octanol–water partition coefficient (Wildman–Crippen LogP) is 0.648. The first-order valence-corrected chi connectivity index (χ1v) is 15.7. The standard InChI is InChI=1S/C8H9N3O6.2C4H9.Sn/c12-2-3-5(14)6(15)7(17-3)11-8(16)10-4(13)1-9-11;2*1-3-4-2;/h1,3,5-7,12H,2H2,(H,10,13,16);2*1,3-4H2,2H3;/q-2;;;+2/t3-,5+,6-,7-;;;/m0.../s1. The fourth-order valence-electron chi connectivity index (χ4n) is 3.64. The van der Waals surface area contributed by atoms with Gasteiger partial charge < -0.3 is 0 Å². The third-order valence-corrected chi connectivity index (χ3v) is 15.3. The zero-order chi connectivity index (χ0) is 18.7. The van der Waals surface area contributed by atoms with Gasteiger partial charge in [0.25, 0.3) is 0 Å². The number of aliphatic hydroxyl groups is 1. The molecule has 0 spiro atoms. The molecular weight excluding hydrogens is 449 g/mol. The van der Waals surface area contributed by atoms with Gasteiger partial charge in [0, 0.05) is 0 Å². The molecule has 0 bridgehead atoms. The number of rotatable bonds is 8. The second-order valence-corrected chi connectivity index (χ2v) is 16.3. The Balaban J connectivity index is 1.89. The van der Waals surface area contributed by atoms with Crippen LogP contribution >= 0.6 is 0 Å². The third-order valence-electron chi connectivity index (χ3n) is 4.97. The molecule has 2 saturated heterocycles. The van der Waals surface area contributed by atoms with Crippen molar-refractivity contribution in [3.8, 4) is 0 Å². The zero-order valence-electron chi connectivity index (χ0n) is 15.2. The first-order chi connectivity index (χ1) is 12.5. The second kappa shape index (κ2) is 8.51. The molecule has 146 valence electrons. The number of ether oxygens (including phenoxy) is 1. The van der Waals surface area contributed by atoms with Gasteiger partial charge in [-0.2, -0.15) is 0 Å². The summed E-state index contributed by atoms with van der Waals surface area (Å²) in [6, 6.07) is 0. The van der Waals surface area contributed by atoms with Crippen molar-refractivity contribution in [1.82, 2.24) is 14.8 Å². The van der Waals surface area contributed by atoms with E-state index < -0.39 is 55.0 Å². The zero-order valence-corrected chi connectivity index (χ0v) is 18.1. The molecule has 4 atom stereocenters.